The van der Waals surface area contributed by atoms with Crippen molar-refractivity contribution in [2.45, 2.75) is 44.9 Å². The van der Waals surface area contributed by atoms with Gasteiger partial charge in [0.25, 0.3) is 0 Å². The SMILES string of the molecule is CC(N)C(=O)Nc1ncc(-c2cnn(C3CCNCC3)c2)cc1OC(C)c1c(Cl)ccc(F)c1Cl. The van der Waals surface area contributed by atoms with Crippen LogP contribution >= 0.6 is 23.2 Å². The Morgan fingerprint density at radius 1 is 1.26 bits per heavy atom. The van der Waals surface area contributed by atoms with E-state index in [1.165, 1.54) is 12.1 Å². The minimum atomic E-state index is -0.753. The molecule has 3 heterocycles. The zero-order valence-corrected chi connectivity index (χ0v) is 20.9. The Kier molecular flexibility index (Phi) is 7.91. The maximum atomic E-state index is 14.1. The topological polar surface area (TPSA) is 107 Å². The summed E-state index contributed by atoms with van der Waals surface area (Å²) in [6.45, 7) is 5.16. The molecule has 0 radical (unpaired) electrons. The molecule has 11 heteroatoms. The van der Waals surface area contributed by atoms with E-state index in [-0.39, 0.29) is 21.6 Å². The number of carbonyl (C=O) groups excluding carboxylic acids is 1. The summed E-state index contributed by atoms with van der Waals surface area (Å²) in [5.74, 6) is -0.597. The highest BCUT2D eigenvalue weighted by atomic mass is 35.5. The summed E-state index contributed by atoms with van der Waals surface area (Å²) in [6.07, 6.45) is 6.63. The van der Waals surface area contributed by atoms with E-state index < -0.39 is 23.9 Å². The van der Waals surface area contributed by atoms with E-state index in [1.54, 1.807) is 32.3 Å². The molecule has 3 aromatic rings. The van der Waals surface area contributed by atoms with Crippen molar-refractivity contribution in [2.75, 3.05) is 18.4 Å². The van der Waals surface area contributed by atoms with Crippen LogP contribution in [-0.4, -0.2) is 39.8 Å². The van der Waals surface area contributed by atoms with E-state index in [4.69, 9.17) is 33.7 Å². The third-order valence-electron chi connectivity index (χ3n) is 5.92. The number of aromatic nitrogens is 3. The maximum Gasteiger partial charge on any atom is 0.242 e. The quantitative estimate of drug-likeness (QED) is 0.388. The molecule has 1 fully saturated rings. The molecule has 2 unspecified atom stereocenters. The molecule has 1 aliphatic rings. The Bertz CT molecular complexity index is 1210. The molecule has 0 bridgehead atoms. The largest absolute Gasteiger partial charge is 0.482 e. The zero-order chi connectivity index (χ0) is 25.1. The van der Waals surface area contributed by atoms with Crippen molar-refractivity contribution in [3.05, 3.63) is 58.2 Å². The van der Waals surface area contributed by atoms with E-state index in [9.17, 15) is 9.18 Å². The number of piperidine rings is 1. The summed E-state index contributed by atoms with van der Waals surface area (Å²) in [5.41, 5.74) is 7.58. The van der Waals surface area contributed by atoms with E-state index in [0.29, 0.717) is 11.6 Å². The zero-order valence-electron chi connectivity index (χ0n) is 19.4. The minimum Gasteiger partial charge on any atom is -0.482 e. The molecule has 35 heavy (non-hydrogen) atoms. The summed E-state index contributed by atoms with van der Waals surface area (Å²) in [5, 5.41) is 10.7. The normalized spacial score (nSPS) is 16.1. The van der Waals surface area contributed by atoms with Gasteiger partial charge < -0.3 is 21.1 Å². The highest BCUT2D eigenvalue weighted by Crippen LogP contribution is 2.37. The Balaban J connectivity index is 1.67. The standard InChI is InChI=1S/C24H27Cl2FN6O2/c1-13(28)24(34)32-23-20(35-14(2)21-18(25)3-4-19(27)22(21)26)9-15(10-30-23)16-11-31-33(12-16)17-5-7-29-8-6-17/h3-4,9-14,17,29H,5-8,28H2,1-2H3,(H,30,32,34). The first-order valence-electron chi connectivity index (χ1n) is 11.4. The predicted molar refractivity (Wildman–Crippen MR) is 134 cm³/mol. The monoisotopic (exact) mass is 520 g/mol. The first-order valence-corrected chi connectivity index (χ1v) is 12.1. The Morgan fingerprint density at radius 2 is 2.00 bits per heavy atom. The summed E-state index contributed by atoms with van der Waals surface area (Å²) in [7, 11) is 0. The molecule has 4 rings (SSSR count). The third kappa shape index (κ3) is 5.75. The molecule has 1 aliphatic heterocycles. The van der Waals surface area contributed by atoms with Gasteiger partial charge in [-0.3, -0.25) is 9.48 Å². The van der Waals surface area contributed by atoms with Crippen LogP contribution in [0.2, 0.25) is 10.0 Å². The highest BCUT2D eigenvalue weighted by Gasteiger charge is 2.22. The maximum absolute atomic E-state index is 14.1. The van der Waals surface area contributed by atoms with Crippen LogP contribution in [0.15, 0.2) is 36.8 Å². The van der Waals surface area contributed by atoms with Gasteiger partial charge >= 0.3 is 0 Å². The molecule has 1 saturated heterocycles. The number of ether oxygens (including phenoxy) is 1. The third-order valence-corrected chi connectivity index (χ3v) is 6.63. The molecule has 2 aromatic heterocycles. The molecule has 1 aromatic carbocycles. The number of halogens is 3. The van der Waals surface area contributed by atoms with Crippen LogP contribution in [0.5, 0.6) is 5.75 Å². The Hall–Kier alpha value is -2.72. The predicted octanol–water partition coefficient (Wildman–Crippen LogP) is 4.74. The molecule has 8 nitrogen and oxygen atoms in total. The van der Waals surface area contributed by atoms with Crippen molar-refractivity contribution in [2.24, 2.45) is 5.73 Å². The first-order chi connectivity index (χ1) is 16.7. The smallest absolute Gasteiger partial charge is 0.242 e. The van der Waals surface area contributed by atoms with Crippen molar-refractivity contribution in [1.82, 2.24) is 20.1 Å². The number of pyridine rings is 1. The average Bonchev–Trinajstić information content (AvgIpc) is 3.33. The number of nitrogens with two attached hydrogens (primary N) is 1. The van der Waals surface area contributed by atoms with Gasteiger partial charge in [0.05, 0.1) is 23.3 Å². The number of hydrogen-bond acceptors (Lipinski definition) is 6. The number of hydrogen-bond donors (Lipinski definition) is 3. The van der Waals surface area contributed by atoms with Gasteiger partial charge in [-0.25, -0.2) is 9.37 Å². The van der Waals surface area contributed by atoms with Gasteiger partial charge in [-0.2, -0.15) is 5.10 Å². The average molecular weight is 521 g/mol. The van der Waals surface area contributed by atoms with Crippen LogP contribution in [0.1, 0.15) is 44.4 Å². The fraction of sp³-hybridized carbons (Fsp3) is 0.375. The molecule has 0 saturated carbocycles. The first kappa shape index (κ1) is 25.4. The molecular formula is C24H27Cl2FN6O2. The van der Waals surface area contributed by atoms with Gasteiger partial charge in [0.2, 0.25) is 5.91 Å². The summed E-state index contributed by atoms with van der Waals surface area (Å²) in [6, 6.07) is 3.93. The highest BCUT2D eigenvalue weighted by molar-refractivity contribution is 6.36. The molecular weight excluding hydrogens is 494 g/mol. The van der Waals surface area contributed by atoms with Gasteiger partial charge in [0.1, 0.15) is 11.9 Å². The van der Waals surface area contributed by atoms with Crippen LogP contribution < -0.4 is 21.1 Å². The van der Waals surface area contributed by atoms with Crippen LogP contribution in [-0.2, 0) is 4.79 Å². The number of benzene rings is 1. The van der Waals surface area contributed by atoms with Crippen LogP contribution in [0, 0.1) is 5.82 Å². The second kappa shape index (κ2) is 10.9. The van der Waals surface area contributed by atoms with Crippen LogP contribution in [0.25, 0.3) is 11.1 Å². The van der Waals surface area contributed by atoms with Gasteiger partial charge in [0.15, 0.2) is 11.6 Å². The van der Waals surface area contributed by atoms with Crippen molar-refractivity contribution in [1.29, 1.82) is 0 Å². The number of anilines is 1. The van der Waals surface area contributed by atoms with E-state index in [0.717, 1.165) is 37.1 Å². The Labute approximate surface area is 213 Å². The number of rotatable bonds is 7. The summed E-state index contributed by atoms with van der Waals surface area (Å²) in [4.78, 5) is 16.7. The lowest BCUT2D eigenvalue weighted by molar-refractivity contribution is -0.117. The van der Waals surface area contributed by atoms with Crippen LogP contribution in [0.4, 0.5) is 10.2 Å². The van der Waals surface area contributed by atoms with Gasteiger partial charge in [-0.1, -0.05) is 23.2 Å². The van der Waals surface area contributed by atoms with Gasteiger partial charge in [-0.15, -0.1) is 0 Å². The lowest BCUT2D eigenvalue weighted by Gasteiger charge is -2.22. The van der Waals surface area contributed by atoms with Gasteiger partial charge in [-0.05, 0) is 58.0 Å². The van der Waals surface area contributed by atoms with E-state index in [2.05, 4.69) is 20.7 Å². The van der Waals surface area contributed by atoms with Crippen LogP contribution in [0.3, 0.4) is 0 Å². The van der Waals surface area contributed by atoms with E-state index >= 15 is 0 Å². The summed E-state index contributed by atoms with van der Waals surface area (Å²) < 4.78 is 22.2. The molecule has 186 valence electrons. The summed E-state index contributed by atoms with van der Waals surface area (Å²) >= 11 is 12.5. The lowest BCUT2D eigenvalue weighted by Crippen LogP contribution is -2.33. The van der Waals surface area contributed by atoms with Crippen molar-refractivity contribution in [3.63, 3.8) is 0 Å². The lowest BCUT2D eigenvalue weighted by atomic mass is 10.1. The molecule has 0 aliphatic carbocycles. The fourth-order valence-electron chi connectivity index (χ4n) is 3.94. The molecule has 1 amide bonds. The number of carbonyl (C=O) groups is 1. The van der Waals surface area contributed by atoms with Crippen molar-refractivity contribution in [3.8, 4) is 16.9 Å². The molecule has 4 N–H and O–H groups in total. The van der Waals surface area contributed by atoms with Crippen molar-refractivity contribution < 1.29 is 13.9 Å². The second-order valence-electron chi connectivity index (χ2n) is 8.56. The Morgan fingerprint density at radius 3 is 2.71 bits per heavy atom. The number of amides is 1. The minimum absolute atomic E-state index is 0.126. The van der Waals surface area contributed by atoms with Crippen molar-refractivity contribution >= 4 is 34.9 Å². The second-order valence-corrected chi connectivity index (χ2v) is 9.34. The number of nitrogens with zero attached hydrogens (tertiary/aromatic N) is 3. The molecule has 0 spiro atoms. The fourth-order valence-corrected chi connectivity index (χ4v) is 4.62. The number of nitrogens with one attached hydrogen (secondary N) is 2. The molecule has 2 atom stereocenters. The van der Waals surface area contributed by atoms with Gasteiger partial charge in [0, 0.05) is 34.1 Å². The van der Waals surface area contributed by atoms with E-state index in [1.807, 2.05) is 10.9 Å².